The van der Waals surface area contributed by atoms with Gasteiger partial charge in [-0.25, -0.2) is 8.42 Å². The monoisotopic (exact) mass is 472 g/mol. The van der Waals surface area contributed by atoms with Gasteiger partial charge < -0.3 is 9.64 Å². The molecule has 0 spiro atoms. The van der Waals surface area contributed by atoms with Gasteiger partial charge >= 0.3 is 0 Å². The number of hydrogen-bond acceptors (Lipinski definition) is 5. The molecule has 2 aromatic rings. The summed E-state index contributed by atoms with van der Waals surface area (Å²) in [4.78, 5) is 15.9. The van der Waals surface area contributed by atoms with Crippen molar-refractivity contribution in [3.05, 3.63) is 71.1 Å². The Morgan fingerprint density at radius 1 is 1.03 bits per heavy atom. The summed E-state index contributed by atoms with van der Waals surface area (Å²) in [6.07, 6.45) is 4.02. The maximum atomic E-state index is 13.2. The Kier molecular flexibility index (Phi) is 7.67. The number of hydrogen-bond donors (Lipinski definition) is 0. The lowest BCUT2D eigenvalue weighted by atomic mass is 10.2. The van der Waals surface area contributed by atoms with Crippen molar-refractivity contribution < 1.29 is 17.9 Å². The van der Waals surface area contributed by atoms with E-state index in [1.807, 2.05) is 54.6 Å². The largest absolute Gasteiger partial charge is 0.377 e. The van der Waals surface area contributed by atoms with E-state index in [0.717, 1.165) is 35.7 Å². The SMILES string of the molecule is O=C(c1ccccc1SCC1CCCO1)N1CCN(S(=O)(=O)/C=C/c2ccccc2)CC1. The molecule has 0 saturated carbocycles. The number of ether oxygens (including phenoxy) is 1. The van der Waals surface area contributed by atoms with Crippen molar-refractivity contribution in [1.29, 1.82) is 0 Å². The Morgan fingerprint density at radius 2 is 1.75 bits per heavy atom. The first-order valence-electron chi connectivity index (χ1n) is 10.9. The number of thioether (sulfide) groups is 1. The number of piperazine rings is 1. The van der Waals surface area contributed by atoms with Crippen LogP contribution in [0.15, 0.2) is 64.9 Å². The third kappa shape index (κ3) is 5.81. The molecular weight excluding hydrogens is 444 g/mol. The standard InChI is InChI=1S/C24H28N2O4S2/c27-24(22-10-4-5-11-23(22)31-19-21-9-6-17-30-21)25-13-15-26(16-14-25)32(28,29)18-12-20-7-2-1-3-8-20/h1-5,7-8,10-12,18,21H,6,9,13-17,19H2/b18-12+. The average Bonchev–Trinajstić information content (AvgIpc) is 3.36. The van der Waals surface area contributed by atoms with Crippen molar-refractivity contribution in [1.82, 2.24) is 9.21 Å². The van der Waals surface area contributed by atoms with Gasteiger partial charge in [0.2, 0.25) is 10.0 Å². The Bertz CT molecular complexity index is 1040. The van der Waals surface area contributed by atoms with Crippen molar-refractivity contribution in [2.24, 2.45) is 0 Å². The zero-order valence-electron chi connectivity index (χ0n) is 17.9. The number of rotatable bonds is 7. The predicted octanol–water partition coefficient (Wildman–Crippen LogP) is 3.72. The topological polar surface area (TPSA) is 66.9 Å². The lowest BCUT2D eigenvalue weighted by Gasteiger charge is -2.33. The van der Waals surface area contributed by atoms with Gasteiger partial charge in [0.25, 0.3) is 5.91 Å². The zero-order valence-corrected chi connectivity index (χ0v) is 19.6. The minimum atomic E-state index is -3.52. The number of carbonyl (C=O) groups excluding carboxylic acids is 1. The lowest BCUT2D eigenvalue weighted by Crippen LogP contribution is -2.50. The second-order valence-corrected chi connectivity index (χ2v) is 10.8. The molecule has 2 aliphatic rings. The summed E-state index contributed by atoms with van der Waals surface area (Å²) >= 11 is 1.66. The molecule has 4 rings (SSSR count). The summed E-state index contributed by atoms with van der Waals surface area (Å²) in [7, 11) is -3.52. The zero-order chi connectivity index (χ0) is 22.4. The highest BCUT2D eigenvalue weighted by Gasteiger charge is 2.29. The van der Waals surface area contributed by atoms with Gasteiger partial charge in [-0.05, 0) is 36.6 Å². The average molecular weight is 473 g/mol. The highest BCUT2D eigenvalue weighted by atomic mass is 32.2. The number of carbonyl (C=O) groups is 1. The van der Waals surface area contributed by atoms with E-state index < -0.39 is 10.0 Å². The van der Waals surface area contributed by atoms with Gasteiger partial charge in [-0.15, -0.1) is 11.8 Å². The molecule has 0 aromatic heterocycles. The Labute approximate surface area is 194 Å². The van der Waals surface area contributed by atoms with Gasteiger partial charge in [-0.1, -0.05) is 42.5 Å². The molecule has 1 amide bonds. The second kappa shape index (κ2) is 10.7. The third-order valence-electron chi connectivity index (χ3n) is 5.68. The first kappa shape index (κ1) is 23.0. The molecule has 2 aliphatic heterocycles. The van der Waals surface area contributed by atoms with E-state index in [0.29, 0.717) is 31.7 Å². The van der Waals surface area contributed by atoms with Crippen molar-refractivity contribution >= 4 is 33.8 Å². The van der Waals surface area contributed by atoms with Crippen LogP contribution in [-0.2, 0) is 14.8 Å². The van der Waals surface area contributed by atoms with Gasteiger partial charge in [0.15, 0.2) is 0 Å². The molecule has 1 atom stereocenters. The normalized spacial score (nSPS) is 20.1. The van der Waals surface area contributed by atoms with E-state index in [2.05, 4.69) is 0 Å². The molecule has 170 valence electrons. The molecule has 1 unspecified atom stereocenters. The Hall–Kier alpha value is -2.13. The van der Waals surface area contributed by atoms with Crippen LogP contribution in [0, 0.1) is 0 Å². The van der Waals surface area contributed by atoms with E-state index in [1.165, 1.54) is 9.71 Å². The van der Waals surface area contributed by atoms with Gasteiger partial charge in [0.05, 0.1) is 11.7 Å². The Morgan fingerprint density at radius 3 is 2.47 bits per heavy atom. The van der Waals surface area contributed by atoms with Crippen molar-refractivity contribution in [2.45, 2.75) is 23.8 Å². The van der Waals surface area contributed by atoms with Gasteiger partial charge in [0, 0.05) is 48.8 Å². The predicted molar refractivity (Wildman–Crippen MR) is 128 cm³/mol. The van der Waals surface area contributed by atoms with E-state index in [-0.39, 0.29) is 12.0 Å². The summed E-state index contributed by atoms with van der Waals surface area (Å²) in [6, 6.07) is 17.0. The first-order chi connectivity index (χ1) is 15.5. The van der Waals surface area contributed by atoms with Crippen molar-refractivity contribution in [3.63, 3.8) is 0 Å². The summed E-state index contributed by atoms with van der Waals surface area (Å²) < 4.78 is 32.5. The van der Waals surface area contributed by atoms with E-state index in [4.69, 9.17) is 4.74 Å². The fourth-order valence-electron chi connectivity index (χ4n) is 3.86. The molecule has 32 heavy (non-hydrogen) atoms. The van der Waals surface area contributed by atoms with Crippen LogP contribution < -0.4 is 0 Å². The highest BCUT2D eigenvalue weighted by molar-refractivity contribution is 7.99. The molecule has 0 bridgehead atoms. The number of nitrogens with zero attached hydrogens (tertiary/aromatic N) is 2. The summed E-state index contributed by atoms with van der Waals surface area (Å²) in [6.45, 7) is 2.15. The fourth-order valence-corrected chi connectivity index (χ4v) is 6.15. The molecular formula is C24H28N2O4S2. The number of benzene rings is 2. The molecule has 2 heterocycles. The van der Waals surface area contributed by atoms with Crippen LogP contribution >= 0.6 is 11.8 Å². The van der Waals surface area contributed by atoms with Crippen LogP contribution in [-0.4, -0.2) is 68.2 Å². The number of amides is 1. The quantitative estimate of drug-likeness (QED) is 0.575. The molecule has 2 saturated heterocycles. The van der Waals surface area contributed by atoms with Crippen LogP contribution in [0.25, 0.3) is 6.08 Å². The summed E-state index contributed by atoms with van der Waals surface area (Å²) in [5.74, 6) is 0.793. The minimum Gasteiger partial charge on any atom is -0.377 e. The molecule has 8 heteroatoms. The molecule has 0 N–H and O–H groups in total. The highest BCUT2D eigenvalue weighted by Crippen LogP contribution is 2.28. The smallest absolute Gasteiger partial charge is 0.255 e. The maximum absolute atomic E-state index is 13.2. The van der Waals surface area contributed by atoms with Crippen molar-refractivity contribution in [3.8, 4) is 0 Å². The van der Waals surface area contributed by atoms with E-state index in [9.17, 15) is 13.2 Å². The van der Waals surface area contributed by atoms with Crippen LogP contribution in [0.1, 0.15) is 28.8 Å². The third-order valence-corrected chi connectivity index (χ3v) is 8.45. The summed E-state index contributed by atoms with van der Waals surface area (Å²) in [5, 5.41) is 1.25. The molecule has 2 fully saturated rings. The van der Waals surface area contributed by atoms with Gasteiger partial charge in [-0.2, -0.15) is 4.31 Å². The van der Waals surface area contributed by atoms with Crippen LogP contribution in [0.5, 0.6) is 0 Å². The first-order valence-corrected chi connectivity index (χ1v) is 13.4. The van der Waals surface area contributed by atoms with Crippen molar-refractivity contribution in [2.75, 3.05) is 38.5 Å². The second-order valence-electron chi connectivity index (χ2n) is 7.89. The molecule has 2 aromatic carbocycles. The van der Waals surface area contributed by atoms with E-state index in [1.54, 1.807) is 22.7 Å². The Balaban J connectivity index is 1.36. The van der Waals surface area contributed by atoms with Crippen LogP contribution in [0.4, 0.5) is 0 Å². The van der Waals surface area contributed by atoms with Gasteiger partial charge in [-0.3, -0.25) is 4.79 Å². The van der Waals surface area contributed by atoms with Crippen LogP contribution in [0.3, 0.4) is 0 Å². The minimum absolute atomic E-state index is 0.0442. The fraction of sp³-hybridized carbons (Fsp3) is 0.375. The molecule has 0 radical (unpaired) electrons. The summed E-state index contributed by atoms with van der Waals surface area (Å²) in [5.41, 5.74) is 1.51. The lowest BCUT2D eigenvalue weighted by molar-refractivity contribution is 0.0695. The van der Waals surface area contributed by atoms with E-state index >= 15 is 0 Å². The van der Waals surface area contributed by atoms with Gasteiger partial charge in [0.1, 0.15) is 0 Å². The van der Waals surface area contributed by atoms with Crippen LogP contribution in [0.2, 0.25) is 0 Å². The molecule has 0 aliphatic carbocycles. The molecule has 6 nitrogen and oxygen atoms in total. The maximum Gasteiger partial charge on any atom is 0.255 e. The number of sulfonamides is 1.